The third kappa shape index (κ3) is 4.08. The topological polar surface area (TPSA) is 55.2 Å². The van der Waals surface area contributed by atoms with E-state index in [1.165, 1.54) is 23.4 Å². The van der Waals surface area contributed by atoms with Crippen molar-refractivity contribution in [2.24, 2.45) is 0 Å². The molecule has 3 atom stereocenters. The lowest BCUT2D eigenvalue weighted by Gasteiger charge is -2.29. The van der Waals surface area contributed by atoms with Gasteiger partial charge in [0, 0.05) is 47.3 Å². The van der Waals surface area contributed by atoms with Gasteiger partial charge in [-0.05, 0) is 19.4 Å². The molecule has 1 aliphatic heterocycles. The molecule has 1 saturated heterocycles. The van der Waals surface area contributed by atoms with E-state index in [2.05, 4.69) is 5.10 Å². The van der Waals surface area contributed by atoms with E-state index in [0.717, 1.165) is 4.68 Å². The average Bonchev–Trinajstić information content (AvgIpc) is 2.89. The number of nitrogens with zero attached hydrogens (tertiary/aromatic N) is 3. The molecule has 9 heteroatoms. The first-order chi connectivity index (χ1) is 10.3. The van der Waals surface area contributed by atoms with Crippen LogP contribution in [0.5, 0.6) is 0 Å². The van der Waals surface area contributed by atoms with Crippen molar-refractivity contribution >= 4 is 16.7 Å². The number of halogens is 3. The third-order valence-corrected chi connectivity index (χ3v) is 5.09. The molecule has 0 aromatic carbocycles. The number of aromatic nitrogens is 2. The quantitative estimate of drug-likeness (QED) is 0.844. The Morgan fingerprint density at radius 2 is 2.18 bits per heavy atom. The van der Waals surface area contributed by atoms with Crippen LogP contribution in [0.2, 0.25) is 0 Å². The molecule has 2 heterocycles. The highest BCUT2D eigenvalue weighted by Gasteiger charge is 2.43. The van der Waals surface area contributed by atoms with Crippen LogP contribution in [0.1, 0.15) is 25.8 Å². The lowest BCUT2D eigenvalue weighted by atomic mass is 10.1. The number of rotatable bonds is 3. The zero-order valence-electron chi connectivity index (χ0n) is 12.1. The zero-order chi connectivity index (χ0) is 16.3. The number of hydrogen-bond donors (Lipinski definition) is 0. The number of alkyl halides is 3. The lowest BCUT2D eigenvalue weighted by Crippen LogP contribution is -2.42. The van der Waals surface area contributed by atoms with E-state index in [-0.39, 0.29) is 12.6 Å². The van der Waals surface area contributed by atoms with Gasteiger partial charge in [-0.25, -0.2) is 0 Å². The minimum absolute atomic E-state index is 0.203. The normalized spacial score (nSPS) is 24.8. The van der Waals surface area contributed by atoms with Gasteiger partial charge in [-0.2, -0.15) is 18.3 Å². The molecule has 0 aliphatic carbocycles. The molecule has 3 unspecified atom stereocenters. The summed E-state index contributed by atoms with van der Waals surface area (Å²) in [4.78, 5) is 13.7. The van der Waals surface area contributed by atoms with E-state index in [1.54, 1.807) is 6.92 Å². The van der Waals surface area contributed by atoms with Crippen LogP contribution in [0.15, 0.2) is 18.5 Å². The Morgan fingerprint density at radius 1 is 1.45 bits per heavy atom. The smallest absolute Gasteiger partial charge is 0.339 e. The lowest BCUT2D eigenvalue weighted by molar-refractivity contribution is -0.177. The van der Waals surface area contributed by atoms with Crippen LogP contribution in [0, 0.1) is 0 Å². The SMILES string of the molecule is CC1CCS(=O)CCN1C(=O)CC(n1cccn1)C(F)(F)F. The molecule has 0 spiro atoms. The molecule has 0 N–H and O–H groups in total. The van der Waals surface area contributed by atoms with Crippen molar-refractivity contribution in [1.29, 1.82) is 0 Å². The summed E-state index contributed by atoms with van der Waals surface area (Å²) < 4.78 is 51.8. The average molecular weight is 337 g/mol. The third-order valence-electron chi connectivity index (χ3n) is 3.77. The van der Waals surface area contributed by atoms with Crippen LogP contribution in [0.3, 0.4) is 0 Å². The molecule has 1 aromatic heterocycles. The van der Waals surface area contributed by atoms with Gasteiger partial charge >= 0.3 is 6.18 Å². The van der Waals surface area contributed by atoms with Crippen LogP contribution in [0.25, 0.3) is 0 Å². The summed E-state index contributed by atoms with van der Waals surface area (Å²) in [7, 11) is -1.01. The number of amides is 1. The maximum Gasteiger partial charge on any atom is 0.411 e. The van der Waals surface area contributed by atoms with E-state index < -0.39 is 35.3 Å². The fourth-order valence-electron chi connectivity index (χ4n) is 2.46. The van der Waals surface area contributed by atoms with Crippen LogP contribution in [-0.4, -0.2) is 55.1 Å². The van der Waals surface area contributed by atoms with Crippen molar-refractivity contribution in [3.63, 3.8) is 0 Å². The van der Waals surface area contributed by atoms with E-state index in [9.17, 15) is 22.2 Å². The van der Waals surface area contributed by atoms with Gasteiger partial charge in [0.25, 0.3) is 0 Å². The summed E-state index contributed by atoms with van der Waals surface area (Å²) in [5, 5.41) is 3.61. The second-order valence-corrected chi connectivity index (χ2v) is 7.02. The molecule has 0 saturated carbocycles. The fourth-order valence-corrected chi connectivity index (χ4v) is 3.67. The molecule has 1 aromatic rings. The van der Waals surface area contributed by atoms with Gasteiger partial charge < -0.3 is 4.90 Å². The van der Waals surface area contributed by atoms with Gasteiger partial charge in [-0.15, -0.1) is 0 Å². The molecular formula is C13H18F3N3O2S. The monoisotopic (exact) mass is 337 g/mol. The number of carbonyl (C=O) groups is 1. The Morgan fingerprint density at radius 3 is 2.77 bits per heavy atom. The Bertz CT molecular complexity index is 533. The molecular weight excluding hydrogens is 319 g/mol. The van der Waals surface area contributed by atoms with Gasteiger partial charge in [0.05, 0.1) is 6.42 Å². The van der Waals surface area contributed by atoms with Gasteiger partial charge in [-0.1, -0.05) is 0 Å². The van der Waals surface area contributed by atoms with Crippen molar-refractivity contribution in [3.8, 4) is 0 Å². The molecule has 124 valence electrons. The number of hydrogen-bond acceptors (Lipinski definition) is 3. The van der Waals surface area contributed by atoms with Crippen molar-refractivity contribution in [2.45, 2.75) is 38.0 Å². The molecule has 2 rings (SSSR count). The molecule has 1 amide bonds. The van der Waals surface area contributed by atoms with Crippen LogP contribution >= 0.6 is 0 Å². The highest BCUT2D eigenvalue weighted by atomic mass is 32.2. The van der Waals surface area contributed by atoms with E-state index in [0.29, 0.717) is 17.9 Å². The van der Waals surface area contributed by atoms with Gasteiger partial charge in [0.1, 0.15) is 0 Å². The Balaban J connectivity index is 2.12. The van der Waals surface area contributed by atoms with Crippen LogP contribution in [-0.2, 0) is 15.6 Å². The van der Waals surface area contributed by atoms with Gasteiger partial charge in [0.15, 0.2) is 6.04 Å². The highest BCUT2D eigenvalue weighted by molar-refractivity contribution is 7.85. The first-order valence-electron chi connectivity index (χ1n) is 6.99. The Labute approximate surface area is 128 Å². The van der Waals surface area contributed by atoms with E-state index in [1.807, 2.05) is 0 Å². The molecule has 0 bridgehead atoms. The number of carbonyl (C=O) groups excluding carboxylic acids is 1. The summed E-state index contributed by atoms with van der Waals surface area (Å²) in [5.41, 5.74) is 0. The molecule has 1 aliphatic rings. The highest BCUT2D eigenvalue weighted by Crippen LogP contribution is 2.33. The second-order valence-electron chi connectivity index (χ2n) is 5.32. The molecule has 5 nitrogen and oxygen atoms in total. The predicted octanol–water partition coefficient (Wildman–Crippen LogP) is 1.75. The van der Waals surface area contributed by atoms with E-state index >= 15 is 0 Å². The van der Waals surface area contributed by atoms with Crippen molar-refractivity contribution in [2.75, 3.05) is 18.1 Å². The molecule has 1 fully saturated rings. The minimum Gasteiger partial charge on any atom is -0.339 e. The zero-order valence-corrected chi connectivity index (χ0v) is 12.9. The van der Waals surface area contributed by atoms with Crippen molar-refractivity contribution in [3.05, 3.63) is 18.5 Å². The predicted molar refractivity (Wildman–Crippen MR) is 75.6 cm³/mol. The fraction of sp³-hybridized carbons (Fsp3) is 0.692. The Hall–Kier alpha value is -1.38. The van der Waals surface area contributed by atoms with Crippen LogP contribution in [0.4, 0.5) is 13.2 Å². The van der Waals surface area contributed by atoms with Gasteiger partial charge in [-0.3, -0.25) is 13.7 Å². The van der Waals surface area contributed by atoms with Crippen molar-refractivity contribution < 1.29 is 22.2 Å². The minimum atomic E-state index is -4.56. The van der Waals surface area contributed by atoms with Crippen LogP contribution < -0.4 is 0 Å². The maximum absolute atomic E-state index is 13.2. The summed E-state index contributed by atoms with van der Waals surface area (Å²) in [5.74, 6) is 0.214. The Kier molecular flexibility index (Phi) is 5.25. The summed E-state index contributed by atoms with van der Waals surface area (Å²) in [6.07, 6.45) is -2.26. The molecule has 0 radical (unpaired) electrons. The van der Waals surface area contributed by atoms with Gasteiger partial charge in [0.2, 0.25) is 5.91 Å². The first-order valence-corrected chi connectivity index (χ1v) is 8.48. The van der Waals surface area contributed by atoms with Crippen molar-refractivity contribution in [1.82, 2.24) is 14.7 Å². The maximum atomic E-state index is 13.2. The summed E-state index contributed by atoms with van der Waals surface area (Å²) >= 11 is 0. The first kappa shape index (κ1) is 17.0. The summed E-state index contributed by atoms with van der Waals surface area (Å²) in [6.45, 7) is 2.01. The molecule has 22 heavy (non-hydrogen) atoms. The standard InChI is InChI=1S/C13H18F3N3O2S/c1-10-3-7-22(21)8-6-18(10)12(20)9-11(13(14,15)16)19-5-2-4-17-19/h2,4-5,10-11H,3,6-9H2,1H3. The second kappa shape index (κ2) is 6.80. The summed E-state index contributed by atoms with van der Waals surface area (Å²) in [6, 6.07) is -0.789. The largest absolute Gasteiger partial charge is 0.411 e. The van der Waals surface area contributed by atoms with E-state index in [4.69, 9.17) is 0 Å².